The predicted octanol–water partition coefficient (Wildman–Crippen LogP) is 7.47. The minimum atomic E-state index is -0.255. The van der Waals surface area contributed by atoms with Crippen LogP contribution in [0.3, 0.4) is 0 Å². The summed E-state index contributed by atoms with van der Waals surface area (Å²) in [5, 5.41) is 4.37. The zero-order chi connectivity index (χ0) is 19.1. The Balaban J connectivity index is 1.52. The Labute approximate surface area is 171 Å². The van der Waals surface area contributed by atoms with Crippen LogP contribution in [0.25, 0.3) is 20.4 Å². The molecule has 3 heterocycles. The van der Waals surface area contributed by atoms with Crippen LogP contribution in [0.2, 0.25) is 0 Å². The highest BCUT2D eigenvalue weighted by atomic mass is 32.1. The smallest absolute Gasteiger partial charge is 0.148 e. The van der Waals surface area contributed by atoms with Gasteiger partial charge in [0.15, 0.2) is 0 Å². The molecule has 1 N–H and O–H groups in total. The highest BCUT2D eigenvalue weighted by Crippen LogP contribution is 2.42. The summed E-state index contributed by atoms with van der Waals surface area (Å²) in [5.41, 5.74) is 3.93. The Kier molecular flexibility index (Phi) is 4.77. The number of fused-ring (bicyclic) bond motifs is 2. The largest absolute Gasteiger partial charge is 0.352 e. The van der Waals surface area contributed by atoms with Crippen molar-refractivity contribution < 1.29 is 4.39 Å². The Morgan fingerprint density at radius 3 is 2.89 bits per heavy atom. The Morgan fingerprint density at radius 2 is 1.96 bits per heavy atom. The van der Waals surface area contributed by atoms with Gasteiger partial charge >= 0.3 is 0 Å². The van der Waals surface area contributed by atoms with Crippen LogP contribution >= 0.6 is 22.7 Å². The number of thiazole rings is 1. The highest BCUT2D eigenvalue weighted by molar-refractivity contribution is 7.18. The van der Waals surface area contributed by atoms with E-state index in [0.29, 0.717) is 17.5 Å². The average Bonchev–Trinajstić information content (AvgIpc) is 3.26. The lowest BCUT2D eigenvalue weighted by atomic mass is 9.88. The fourth-order valence-electron chi connectivity index (χ4n) is 4.29. The van der Waals surface area contributed by atoms with E-state index in [0.717, 1.165) is 26.1 Å². The van der Waals surface area contributed by atoms with Gasteiger partial charge in [-0.2, -0.15) is 0 Å². The summed E-state index contributed by atoms with van der Waals surface area (Å²) in [7, 11) is 0. The molecule has 0 amide bonds. The van der Waals surface area contributed by atoms with E-state index in [-0.39, 0.29) is 5.82 Å². The normalized spacial score (nSPS) is 20.5. The van der Waals surface area contributed by atoms with Crippen molar-refractivity contribution in [3.63, 3.8) is 0 Å². The highest BCUT2D eigenvalue weighted by Gasteiger charge is 2.24. The number of halogens is 1. The van der Waals surface area contributed by atoms with Crippen LogP contribution in [0.4, 0.5) is 15.8 Å². The summed E-state index contributed by atoms with van der Waals surface area (Å²) in [6, 6.07) is 7.55. The van der Waals surface area contributed by atoms with Gasteiger partial charge in [0, 0.05) is 16.5 Å². The molecule has 4 aromatic rings. The van der Waals surface area contributed by atoms with Crippen molar-refractivity contribution in [1.29, 1.82) is 0 Å². The topological polar surface area (TPSA) is 37.8 Å². The van der Waals surface area contributed by atoms with Crippen LogP contribution in [0, 0.1) is 11.7 Å². The molecule has 0 bridgehead atoms. The SMILES string of the molecule is C[C@@H]1CCCCC[C@H]1c1cc2c(Nc3cc4ncsc4cc3F)ccnc2s1. The molecule has 3 aromatic heterocycles. The number of rotatable bonds is 3. The molecule has 0 radical (unpaired) electrons. The number of hydrogen-bond donors (Lipinski definition) is 1. The van der Waals surface area contributed by atoms with E-state index in [1.54, 1.807) is 35.2 Å². The number of benzene rings is 1. The minimum absolute atomic E-state index is 0.255. The molecule has 0 spiro atoms. The Morgan fingerprint density at radius 1 is 1.07 bits per heavy atom. The molecule has 6 heteroatoms. The molecule has 1 aromatic carbocycles. The fraction of sp³-hybridized carbons (Fsp3) is 0.364. The predicted molar refractivity (Wildman–Crippen MR) is 117 cm³/mol. The van der Waals surface area contributed by atoms with Crippen LogP contribution < -0.4 is 5.32 Å². The molecule has 2 atom stereocenters. The maximum absolute atomic E-state index is 14.6. The number of thiophene rings is 1. The minimum Gasteiger partial charge on any atom is -0.352 e. The molecule has 5 rings (SSSR count). The molecule has 28 heavy (non-hydrogen) atoms. The Bertz CT molecular complexity index is 1130. The van der Waals surface area contributed by atoms with E-state index in [2.05, 4.69) is 28.3 Å². The maximum atomic E-state index is 14.6. The van der Waals surface area contributed by atoms with Crippen LogP contribution in [-0.2, 0) is 0 Å². The van der Waals surface area contributed by atoms with Crippen LogP contribution in [0.15, 0.2) is 36.0 Å². The van der Waals surface area contributed by atoms with E-state index in [1.807, 2.05) is 6.07 Å². The summed E-state index contributed by atoms with van der Waals surface area (Å²) < 4.78 is 15.4. The number of aromatic nitrogens is 2. The van der Waals surface area contributed by atoms with Crippen molar-refractivity contribution in [2.24, 2.45) is 5.92 Å². The first-order valence-corrected chi connectivity index (χ1v) is 11.6. The third-order valence-electron chi connectivity index (χ3n) is 5.87. The standard InChI is InChI=1S/C22H22FN3S2/c1-13-5-3-2-4-6-14(13)20-9-15-17(7-8-24-22(15)28-20)26-18-11-19-21(10-16(18)23)27-12-25-19/h7-14H,2-6H2,1H3,(H,24,26)/t13-,14-/m1/s1. The van der Waals surface area contributed by atoms with Gasteiger partial charge in [0.1, 0.15) is 10.6 Å². The molecule has 0 unspecified atom stereocenters. The summed E-state index contributed by atoms with van der Waals surface area (Å²) in [5.74, 6) is 1.06. The van der Waals surface area contributed by atoms with Gasteiger partial charge < -0.3 is 5.32 Å². The first-order valence-electron chi connectivity index (χ1n) is 9.87. The quantitative estimate of drug-likeness (QED) is 0.355. The molecule has 1 aliphatic carbocycles. The van der Waals surface area contributed by atoms with Crippen LogP contribution in [0.5, 0.6) is 0 Å². The number of hydrogen-bond acceptors (Lipinski definition) is 5. The second-order valence-corrected chi connectivity index (χ2v) is 9.67. The lowest BCUT2D eigenvalue weighted by Gasteiger charge is -2.19. The molecular weight excluding hydrogens is 389 g/mol. The van der Waals surface area contributed by atoms with Gasteiger partial charge in [0.05, 0.1) is 27.1 Å². The molecule has 3 nitrogen and oxygen atoms in total. The molecule has 144 valence electrons. The second-order valence-electron chi connectivity index (χ2n) is 7.73. The zero-order valence-electron chi connectivity index (χ0n) is 15.7. The van der Waals surface area contributed by atoms with Crippen molar-refractivity contribution >= 4 is 54.5 Å². The third kappa shape index (κ3) is 3.29. The van der Waals surface area contributed by atoms with Crippen molar-refractivity contribution in [1.82, 2.24) is 9.97 Å². The van der Waals surface area contributed by atoms with Gasteiger partial charge in [-0.1, -0.05) is 32.6 Å². The molecular formula is C22H22FN3S2. The number of nitrogens with one attached hydrogen (secondary N) is 1. The number of pyridine rings is 1. The van der Waals surface area contributed by atoms with E-state index < -0.39 is 0 Å². The molecule has 1 aliphatic rings. The van der Waals surface area contributed by atoms with Crippen molar-refractivity contribution in [3.8, 4) is 0 Å². The third-order valence-corrected chi connectivity index (χ3v) is 7.84. The zero-order valence-corrected chi connectivity index (χ0v) is 17.4. The lowest BCUT2D eigenvalue weighted by molar-refractivity contribution is 0.440. The fourth-order valence-corrected chi connectivity index (χ4v) is 6.26. The van der Waals surface area contributed by atoms with Gasteiger partial charge in [-0.15, -0.1) is 22.7 Å². The molecule has 1 fully saturated rings. The van der Waals surface area contributed by atoms with Crippen LogP contribution in [0.1, 0.15) is 49.8 Å². The van der Waals surface area contributed by atoms with E-state index >= 15 is 0 Å². The maximum Gasteiger partial charge on any atom is 0.148 e. The van der Waals surface area contributed by atoms with Gasteiger partial charge in [-0.3, -0.25) is 0 Å². The van der Waals surface area contributed by atoms with Gasteiger partial charge in [0.2, 0.25) is 0 Å². The van der Waals surface area contributed by atoms with E-state index in [9.17, 15) is 4.39 Å². The van der Waals surface area contributed by atoms with Gasteiger partial charge in [0.25, 0.3) is 0 Å². The Hall–Kier alpha value is -2.05. The van der Waals surface area contributed by atoms with E-state index in [4.69, 9.17) is 0 Å². The number of anilines is 2. The van der Waals surface area contributed by atoms with Gasteiger partial charge in [-0.25, -0.2) is 14.4 Å². The van der Waals surface area contributed by atoms with Crippen LogP contribution in [-0.4, -0.2) is 9.97 Å². The first kappa shape index (κ1) is 18.0. The van der Waals surface area contributed by atoms with Crippen molar-refractivity contribution in [2.45, 2.75) is 44.9 Å². The molecule has 0 saturated heterocycles. The van der Waals surface area contributed by atoms with E-state index in [1.165, 1.54) is 48.3 Å². The monoisotopic (exact) mass is 411 g/mol. The van der Waals surface area contributed by atoms with Gasteiger partial charge in [-0.05, 0) is 42.5 Å². The molecule has 1 saturated carbocycles. The summed E-state index contributed by atoms with van der Waals surface area (Å²) in [6.07, 6.45) is 8.35. The summed E-state index contributed by atoms with van der Waals surface area (Å²) >= 11 is 3.25. The first-order chi connectivity index (χ1) is 13.7. The average molecular weight is 412 g/mol. The molecule has 0 aliphatic heterocycles. The summed E-state index contributed by atoms with van der Waals surface area (Å²) in [4.78, 5) is 11.3. The second kappa shape index (κ2) is 7.41. The lowest BCUT2D eigenvalue weighted by Crippen LogP contribution is -2.06. The number of nitrogens with zero attached hydrogens (tertiary/aromatic N) is 2. The van der Waals surface area contributed by atoms with Crippen molar-refractivity contribution in [3.05, 3.63) is 46.7 Å². The van der Waals surface area contributed by atoms with Crippen molar-refractivity contribution in [2.75, 3.05) is 5.32 Å². The summed E-state index contributed by atoms with van der Waals surface area (Å²) in [6.45, 7) is 2.38.